The number of ketones is 1. The zero-order chi connectivity index (χ0) is 15.9. The van der Waals surface area contributed by atoms with Crippen molar-refractivity contribution in [3.05, 3.63) is 35.5 Å². The molecule has 1 aromatic heterocycles. The third-order valence-electron chi connectivity index (χ3n) is 4.71. The number of Topliss-reactive ketones (excluding diaryl/α,β-unsaturated/α-hetero) is 1. The van der Waals surface area contributed by atoms with Crippen LogP contribution in [0.1, 0.15) is 36.8 Å². The lowest BCUT2D eigenvalue weighted by Gasteiger charge is -2.35. The highest BCUT2D eigenvalue weighted by atomic mass is 16.5. The summed E-state index contributed by atoms with van der Waals surface area (Å²) in [5.74, 6) is 0.228. The molecule has 118 valence electrons. The number of rotatable bonds is 3. The smallest absolute Gasteiger partial charge is 0.222 e. The van der Waals surface area contributed by atoms with Crippen LogP contribution in [0.15, 0.2) is 24.3 Å². The first kappa shape index (κ1) is 15.3. The Morgan fingerprint density at radius 1 is 1.27 bits per heavy atom. The summed E-state index contributed by atoms with van der Waals surface area (Å²) in [6.07, 6.45) is 0.413. The first-order valence-corrected chi connectivity index (χ1v) is 8.09. The lowest BCUT2D eigenvalue weighted by Crippen LogP contribution is -3.19. The topological polar surface area (TPSA) is 46.5 Å². The summed E-state index contributed by atoms with van der Waals surface area (Å²) in [6, 6.07) is 7.98. The van der Waals surface area contributed by atoms with Gasteiger partial charge in [0, 0.05) is 16.6 Å². The number of H-pyrrole nitrogens is 1. The Labute approximate surface area is 131 Å². The maximum absolute atomic E-state index is 13.1. The standard InChI is InChI=1S/C18H24N2O2/c1-11-9-20(10-12(2)22-11)14(4)18(21)17-13(3)19-16-8-6-5-7-15(16)17/h5-8,11-12,14,19H,9-10H2,1-4H3/p+1/t11-,12-,14-/m1/s1. The van der Waals surface area contributed by atoms with Crippen LogP contribution in [0.5, 0.6) is 0 Å². The van der Waals surface area contributed by atoms with Gasteiger partial charge in [0.15, 0.2) is 0 Å². The van der Waals surface area contributed by atoms with Crippen molar-refractivity contribution in [2.45, 2.75) is 45.9 Å². The number of carbonyl (C=O) groups is 1. The fourth-order valence-corrected chi connectivity index (χ4v) is 3.66. The second-order valence-corrected chi connectivity index (χ2v) is 6.58. The van der Waals surface area contributed by atoms with Gasteiger partial charge < -0.3 is 14.6 Å². The molecule has 0 saturated carbocycles. The highest BCUT2D eigenvalue weighted by Gasteiger charge is 2.34. The van der Waals surface area contributed by atoms with Gasteiger partial charge in [-0.1, -0.05) is 18.2 Å². The maximum atomic E-state index is 13.1. The van der Waals surface area contributed by atoms with Crippen molar-refractivity contribution in [3.8, 4) is 0 Å². The lowest BCUT2D eigenvalue weighted by molar-refractivity contribution is -0.928. The van der Waals surface area contributed by atoms with E-state index in [2.05, 4.69) is 18.8 Å². The highest BCUT2D eigenvalue weighted by molar-refractivity contribution is 6.10. The van der Waals surface area contributed by atoms with Gasteiger partial charge in [-0.3, -0.25) is 4.79 Å². The van der Waals surface area contributed by atoms with Crippen molar-refractivity contribution in [3.63, 3.8) is 0 Å². The molecule has 3 rings (SSSR count). The molecule has 0 unspecified atom stereocenters. The summed E-state index contributed by atoms with van der Waals surface area (Å²) in [5.41, 5.74) is 2.85. The largest absolute Gasteiger partial charge is 0.364 e. The number of hydrogen-bond acceptors (Lipinski definition) is 2. The summed E-state index contributed by atoms with van der Waals surface area (Å²) >= 11 is 0. The number of aromatic amines is 1. The van der Waals surface area contributed by atoms with Crippen LogP contribution < -0.4 is 4.90 Å². The molecule has 0 amide bonds. The van der Waals surface area contributed by atoms with Crippen molar-refractivity contribution in [1.82, 2.24) is 4.98 Å². The molecular formula is C18H25N2O2+. The molecule has 4 nitrogen and oxygen atoms in total. The fourth-order valence-electron chi connectivity index (χ4n) is 3.66. The van der Waals surface area contributed by atoms with Crippen molar-refractivity contribution in [2.75, 3.05) is 13.1 Å². The molecule has 0 bridgehead atoms. The van der Waals surface area contributed by atoms with Gasteiger partial charge in [0.2, 0.25) is 5.78 Å². The van der Waals surface area contributed by atoms with Crippen LogP contribution in [0, 0.1) is 6.92 Å². The van der Waals surface area contributed by atoms with Crippen molar-refractivity contribution >= 4 is 16.7 Å². The molecule has 0 aliphatic carbocycles. The van der Waals surface area contributed by atoms with Crippen molar-refractivity contribution in [1.29, 1.82) is 0 Å². The van der Waals surface area contributed by atoms with E-state index in [0.29, 0.717) is 0 Å². The lowest BCUT2D eigenvalue weighted by atomic mass is 10.00. The summed E-state index contributed by atoms with van der Waals surface area (Å²) in [4.78, 5) is 17.7. The number of carbonyl (C=O) groups excluding carboxylic acids is 1. The zero-order valence-corrected chi connectivity index (χ0v) is 13.8. The minimum absolute atomic E-state index is 0.0493. The molecule has 0 radical (unpaired) electrons. The molecule has 1 aliphatic heterocycles. The number of morpholine rings is 1. The fraction of sp³-hybridized carbons (Fsp3) is 0.500. The summed E-state index contributed by atoms with van der Waals surface area (Å²) in [5, 5.41) is 1.03. The number of benzene rings is 1. The quantitative estimate of drug-likeness (QED) is 0.848. The number of aromatic nitrogens is 1. The average Bonchev–Trinajstić information content (AvgIpc) is 2.80. The second-order valence-electron chi connectivity index (χ2n) is 6.58. The van der Waals surface area contributed by atoms with E-state index < -0.39 is 0 Å². The Morgan fingerprint density at radius 3 is 2.59 bits per heavy atom. The van der Waals surface area contributed by atoms with Crippen LogP contribution in [0.3, 0.4) is 0 Å². The maximum Gasteiger partial charge on any atom is 0.222 e. The van der Waals surface area contributed by atoms with Gasteiger partial charge in [0.1, 0.15) is 31.3 Å². The zero-order valence-electron chi connectivity index (χ0n) is 13.8. The second kappa shape index (κ2) is 5.86. The minimum Gasteiger partial charge on any atom is -0.364 e. The molecule has 2 N–H and O–H groups in total. The number of nitrogens with one attached hydrogen (secondary N) is 2. The monoisotopic (exact) mass is 301 g/mol. The van der Waals surface area contributed by atoms with Gasteiger partial charge >= 0.3 is 0 Å². The van der Waals surface area contributed by atoms with Gasteiger partial charge in [0.05, 0.1) is 5.56 Å². The van der Waals surface area contributed by atoms with E-state index in [1.54, 1.807) is 0 Å². The number of fused-ring (bicyclic) bond motifs is 1. The van der Waals surface area contributed by atoms with E-state index in [-0.39, 0.29) is 24.0 Å². The van der Waals surface area contributed by atoms with Crippen LogP contribution in [0.25, 0.3) is 10.9 Å². The van der Waals surface area contributed by atoms with Crippen LogP contribution in [0.2, 0.25) is 0 Å². The predicted octanol–water partition coefficient (Wildman–Crippen LogP) is 1.74. The SMILES string of the molecule is Cc1[nH]c2ccccc2c1C(=O)[C@@H](C)[NH+]1C[C@@H](C)O[C@H](C)C1. The molecule has 0 spiro atoms. The Kier molecular flexibility index (Phi) is 4.06. The third kappa shape index (κ3) is 2.69. The van der Waals surface area contributed by atoms with Gasteiger partial charge in [-0.25, -0.2) is 0 Å². The van der Waals surface area contributed by atoms with E-state index in [9.17, 15) is 4.79 Å². The minimum atomic E-state index is -0.0493. The van der Waals surface area contributed by atoms with Gasteiger partial charge in [-0.2, -0.15) is 0 Å². The molecular weight excluding hydrogens is 276 g/mol. The van der Waals surface area contributed by atoms with Crippen LogP contribution in [-0.4, -0.2) is 42.1 Å². The Morgan fingerprint density at radius 2 is 1.91 bits per heavy atom. The summed E-state index contributed by atoms with van der Waals surface area (Å²) < 4.78 is 5.79. The van der Waals surface area contributed by atoms with E-state index in [1.165, 1.54) is 4.90 Å². The number of aryl methyl sites for hydroxylation is 1. The number of ether oxygens (including phenoxy) is 1. The first-order valence-electron chi connectivity index (χ1n) is 8.09. The van der Waals surface area contributed by atoms with Gasteiger partial charge in [-0.15, -0.1) is 0 Å². The molecule has 22 heavy (non-hydrogen) atoms. The molecule has 1 aromatic carbocycles. The van der Waals surface area contributed by atoms with Crippen molar-refractivity contribution in [2.24, 2.45) is 0 Å². The number of para-hydroxylation sites is 1. The summed E-state index contributed by atoms with van der Waals surface area (Å²) in [7, 11) is 0. The van der Waals surface area contributed by atoms with Crippen molar-refractivity contribution < 1.29 is 14.4 Å². The average molecular weight is 301 g/mol. The number of quaternary nitrogens is 1. The Bertz CT molecular complexity index is 681. The molecule has 4 heteroatoms. The number of hydrogen-bond donors (Lipinski definition) is 2. The van der Waals surface area contributed by atoms with E-state index >= 15 is 0 Å². The third-order valence-corrected chi connectivity index (χ3v) is 4.71. The first-order chi connectivity index (χ1) is 10.5. The molecule has 1 fully saturated rings. The molecule has 1 aliphatic rings. The normalized spacial score (nSPS) is 27.0. The Balaban J connectivity index is 1.90. The predicted molar refractivity (Wildman–Crippen MR) is 87.5 cm³/mol. The van der Waals surface area contributed by atoms with E-state index in [1.807, 2.05) is 38.1 Å². The van der Waals surface area contributed by atoms with Crippen LogP contribution in [0.4, 0.5) is 0 Å². The summed E-state index contributed by atoms with van der Waals surface area (Å²) in [6.45, 7) is 9.98. The van der Waals surface area contributed by atoms with Crippen LogP contribution in [-0.2, 0) is 4.74 Å². The van der Waals surface area contributed by atoms with Crippen LogP contribution >= 0.6 is 0 Å². The molecule has 3 atom stereocenters. The van der Waals surface area contributed by atoms with E-state index in [4.69, 9.17) is 4.74 Å². The molecule has 2 heterocycles. The molecule has 1 saturated heterocycles. The van der Waals surface area contributed by atoms with Gasteiger partial charge in [0.25, 0.3) is 0 Å². The van der Waals surface area contributed by atoms with E-state index in [0.717, 1.165) is 35.2 Å². The van der Waals surface area contributed by atoms with Gasteiger partial charge in [-0.05, 0) is 33.8 Å². The molecule has 2 aromatic rings. The Hall–Kier alpha value is -1.65. The highest BCUT2D eigenvalue weighted by Crippen LogP contribution is 2.22.